The molecular weight excluding hydrogens is 409 g/mol. The van der Waals surface area contributed by atoms with Crippen molar-refractivity contribution in [3.05, 3.63) is 62.7 Å². The highest BCUT2D eigenvalue weighted by atomic mass is 127. The predicted octanol–water partition coefficient (Wildman–Crippen LogP) is 4.55. The molecule has 4 heteroatoms. The zero-order valence-electron chi connectivity index (χ0n) is 14.5. The second-order valence-electron chi connectivity index (χ2n) is 6.09. The SMILES string of the molecule is CN(C)c1ccc(Cc2ccc(N(C)C)cc2/C=C/C#N)c(I)c1. The van der Waals surface area contributed by atoms with E-state index in [1.165, 1.54) is 20.4 Å². The van der Waals surface area contributed by atoms with Gasteiger partial charge in [-0.05, 0) is 76.0 Å². The summed E-state index contributed by atoms with van der Waals surface area (Å²) < 4.78 is 1.26. The Bertz CT molecular complexity index is 786. The van der Waals surface area contributed by atoms with Crippen LogP contribution < -0.4 is 9.80 Å². The van der Waals surface area contributed by atoms with Crippen molar-refractivity contribution in [2.45, 2.75) is 6.42 Å². The second kappa shape index (κ2) is 8.20. The normalized spacial score (nSPS) is 10.7. The molecule has 2 aromatic rings. The van der Waals surface area contributed by atoms with Crippen molar-refractivity contribution in [3.63, 3.8) is 0 Å². The lowest BCUT2D eigenvalue weighted by Crippen LogP contribution is -2.10. The quantitative estimate of drug-likeness (QED) is 0.514. The Morgan fingerprint density at radius 2 is 1.54 bits per heavy atom. The van der Waals surface area contributed by atoms with Crippen molar-refractivity contribution in [1.29, 1.82) is 5.26 Å². The molecule has 0 unspecified atom stereocenters. The van der Waals surface area contributed by atoms with Gasteiger partial charge < -0.3 is 9.80 Å². The zero-order chi connectivity index (χ0) is 17.7. The fourth-order valence-corrected chi connectivity index (χ4v) is 3.16. The van der Waals surface area contributed by atoms with Crippen LogP contribution in [-0.2, 0) is 6.42 Å². The van der Waals surface area contributed by atoms with E-state index in [0.29, 0.717) is 0 Å². The maximum Gasteiger partial charge on any atom is 0.0912 e. The molecule has 124 valence electrons. The van der Waals surface area contributed by atoms with Gasteiger partial charge in [0, 0.05) is 49.2 Å². The minimum Gasteiger partial charge on any atom is -0.378 e. The Hall–Kier alpha value is -2.00. The molecule has 0 N–H and O–H groups in total. The largest absolute Gasteiger partial charge is 0.378 e. The van der Waals surface area contributed by atoms with E-state index in [2.05, 4.69) is 89.0 Å². The van der Waals surface area contributed by atoms with Gasteiger partial charge in [0.15, 0.2) is 0 Å². The van der Waals surface area contributed by atoms with Crippen LogP contribution in [0.15, 0.2) is 42.5 Å². The summed E-state index contributed by atoms with van der Waals surface area (Å²) in [5.41, 5.74) is 5.95. The lowest BCUT2D eigenvalue weighted by atomic mass is 9.98. The summed E-state index contributed by atoms with van der Waals surface area (Å²) in [4.78, 5) is 4.18. The Balaban J connectivity index is 2.38. The molecule has 0 aliphatic carbocycles. The number of allylic oxidation sites excluding steroid dienone is 1. The van der Waals surface area contributed by atoms with Gasteiger partial charge in [-0.15, -0.1) is 0 Å². The van der Waals surface area contributed by atoms with Gasteiger partial charge in [-0.3, -0.25) is 0 Å². The van der Waals surface area contributed by atoms with Gasteiger partial charge in [0.25, 0.3) is 0 Å². The Kier molecular flexibility index (Phi) is 6.27. The Morgan fingerprint density at radius 3 is 2.08 bits per heavy atom. The summed E-state index contributed by atoms with van der Waals surface area (Å²) >= 11 is 2.40. The Morgan fingerprint density at radius 1 is 0.958 bits per heavy atom. The molecule has 0 bridgehead atoms. The molecule has 3 nitrogen and oxygen atoms in total. The van der Waals surface area contributed by atoms with Crippen LogP contribution in [0.1, 0.15) is 16.7 Å². The maximum absolute atomic E-state index is 8.86. The second-order valence-corrected chi connectivity index (χ2v) is 7.25. The standard InChI is InChI=1S/C20H22IN3/c1-23(2)18-9-7-16(15(13-18)6-5-11-22)12-17-8-10-19(24(3)4)14-20(17)21/h5-10,13-14H,12H2,1-4H3/b6-5+. The van der Waals surface area contributed by atoms with Gasteiger partial charge in [-0.25, -0.2) is 0 Å². The molecule has 0 aliphatic rings. The molecule has 2 rings (SSSR count). The molecule has 0 amide bonds. The molecule has 0 saturated heterocycles. The predicted molar refractivity (Wildman–Crippen MR) is 112 cm³/mol. The molecule has 0 spiro atoms. The maximum atomic E-state index is 8.86. The lowest BCUT2D eigenvalue weighted by molar-refractivity contribution is 1.10. The van der Waals surface area contributed by atoms with Crippen LogP contribution in [0, 0.1) is 14.9 Å². The van der Waals surface area contributed by atoms with E-state index in [9.17, 15) is 0 Å². The fourth-order valence-electron chi connectivity index (χ4n) is 2.47. The molecule has 0 atom stereocenters. The van der Waals surface area contributed by atoms with E-state index in [1.54, 1.807) is 6.08 Å². The molecule has 0 heterocycles. The summed E-state index contributed by atoms with van der Waals surface area (Å²) in [6.45, 7) is 0. The summed E-state index contributed by atoms with van der Waals surface area (Å²) in [5.74, 6) is 0. The number of nitrogens with zero attached hydrogens (tertiary/aromatic N) is 3. The third kappa shape index (κ3) is 4.51. The highest BCUT2D eigenvalue weighted by molar-refractivity contribution is 14.1. The van der Waals surface area contributed by atoms with Crippen molar-refractivity contribution in [1.82, 2.24) is 0 Å². The third-order valence-electron chi connectivity index (χ3n) is 3.92. The van der Waals surface area contributed by atoms with Crippen molar-refractivity contribution < 1.29 is 0 Å². The van der Waals surface area contributed by atoms with Gasteiger partial charge >= 0.3 is 0 Å². The zero-order valence-corrected chi connectivity index (χ0v) is 16.7. The smallest absolute Gasteiger partial charge is 0.0912 e. The first-order valence-corrected chi connectivity index (χ1v) is 8.82. The number of anilines is 2. The molecule has 0 radical (unpaired) electrons. The monoisotopic (exact) mass is 431 g/mol. The van der Waals surface area contributed by atoms with Gasteiger partial charge in [0.05, 0.1) is 6.07 Å². The van der Waals surface area contributed by atoms with Crippen LogP contribution in [0.25, 0.3) is 6.08 Å². The van der Waals surface area contributed by atoms with E-state index in [1.807, 2.05) is 20.2 Å². The molecule has 2 aromatic carbocycles. The van der Waals surface area contributed by atoms with Crippen LogP contribution >= 0.6 is 22.6 Å². The van der Waals surface area contributed by atoms with Gasteiger partial charge in [-0.1, -0.05) is 12.1 Å². The van der Waals surface area contributed by atoms with Gasteiger partial charge in [-0.2, -0.15) is 5.26 Å². The highest BCUT2D eigenvalue weighted by Crippen LogP contribution is 2.26. The summed E-state index contributed by atoms with van der Waals surface area (Å²) in [5, 5.41) is 8.86. The van der Waals surface area contributed by atoms with E-state index >= 15 is 0 Å². The number of halogens is 1. The van der Waals surface area contributed by atoms with Crippen molar-refractivity contribution >= 4 is 40.0 Å². The number of hydrogen-bond acceptors (Lipinski definition) is 3. The first kappa shape index (κ1) is 18.3. The van der Waals surface area contributed by atoms with Crippen LogP contribution in [0.3, 0.4) is 0 Å². The summed E-state index contributed by atoms with van der Waals surface area (Å²) in [6.07, 6.45) is 4.28. The highest BCUT2D eigenvalue weighted by Gasteiger charge is 2.08. The molecule has 24 heavy (non-hydrogen) atoms. The van der Waals surface area contributed by atoms with E-state index < -0.39 is 0 Å². The van der Waals surface area contributed by atoms with Crippen LogP contribution in [0.4, 0.5) is 11.4 Å². The first-order valence-electron chi connectivity index (χ1n) is 7.74. The summed E-state index contributed by atoms with van der Waals surface area (Å²) in [6, 6.07) is 15.0. The average Bonchev–Trinajstić information content (AvgIpc) is 2.55. The summed E-state index contributed by atoms with van der Waals surface area (Å²) in [7, 11) is 8.15. The number of nitriles is 1. The van der Waals surface area contributed by atoms with Crippen molar-refractivity contribution in [2.24, 2.45) is 0 Å². The van der Waals surface area contributed by atoms with Gasteiger partial charge in [0.1, 0.15) is 0 Å². The van der Waals surface area contributed by atoms with Crippen LogP contribution in [0.5, 0.6) is 0 Å². The van der Waals surface area contributed by atoms with Crippen molar-refractivity contribution in [2.75, 3.05) is 38.0 Å². The molecule has 0 aromatic heterocycles. The van der Waals surface area contributed by atoms with Crippen LogP contribution in [-0.4, -0.2) is 28.2 Å². The number of hydrogen-bond donors (Lipinski definition) is 0. The molecule has 0 saturated carbocycles. The minimum atomic E-state index is 0.852. The van der Waals surface area contributed by atoms with Crippen LogP contribution in [0.2, 0.25) is 0 Å². The average molecular weight is 431 g/mol. The number of rotatable bonds is 5. The topological polar surface area (TPSA) is 30.3 Å². The van der Waals surface area contributed by atoms with E-state index in [0.717, 1.165) is 17.7 Å². The lowest BCUT2D eigenvalue weighted by Gasteiger charge is -2.17. The molecule has 0 fully saturated rings. The van der Waals surface area contributed by atoms with Crippen molar-refractivity contribution in [3.8, 4) is 6.07 Å². The first-order chi connectivity index (χ1) is 11.4. The third-order valence-corrected chi connectivity index (χ3v) is 4.92. The minimum absolute atomic E-state index is 0.852. The Labute approximate surface area is 158 Å². The van der Waals surface area contributed by atoms with Gasteiger partial charge in [0.2, 0.25) is 0 Å². The molecule has 0 aliphatic heterocycles. The molecular formula is C20H22IN3. The number of benzene rings is 2. The van der Waals surface area contributed by atoms with E-state index in [4.69, 9.17) is 5.26 Å². The van der Waals surface area contributed by atoms with E-state index in [-0.39, 0.29) is 0 Å². The fraction of sp³-hybridized carbons (Fsp3) is 0.250.